The number of carbonyl (C=O) groups is 15. The maximum absolute atomic E-state index is 15.9. The zero-order valence-electron chi connectivity index (χ0n) is 75.9. The van der Waals surface area contributed by atoms with Crippen LogP contribution >= 0.6 is 11.8 Å². The van der Waals surface area contributed by atoms with Gasteiger partial charge in [0.15, 0.2) is 0 Å². The van der Waals surface area contributed by atoms with Crippen LogP contribution in [0.4, 0.5) is 0 Å². The molecule has 706 valence electrons. The maximum Gasteiger partial charge on any atom is 0.246 e. The number of aliphatic hydroxyl groups is 1. The average Bonchev–Trinajstić information content (AvgIpc) is 0.950. The summed E-state index contributed by atoms with van der Waals surface area (Å²) in [5.74, 6) is -14.6. The number of rotatable bonds is 22. The number of aliphatic hydroxyl groups excluding tert-OH is 1. The number of primary amides is 1. The molecule has 1 aromatic heterocycles. The molecule has 7 aromatic rings. The number of likely N-dealkylation sites (N-methyl/N-ethyl adjacent to an activating group) is 3. The number of fused-ring (bicyclic) bond motifs is 3. The number of aromatic nitrogens is 1. The Morgan fingerprint density at radius 3 is 1.49 bits per heavy atom. The molecule has 15 N–H and O–H groups in total. The van der Waals surface area contributed by atoms with Gasteiger partial charge >= 0.3 is 0 Å². The summed E-state index contributed by atoms with van der Waals surface area (Å²) in [6.45, 7) is 7.03. The molecule has 13 atom stereocenters. The number of nitrogens with two attached hydrogens (primary N) is 1. The molecule has 0 unspecified atom stereocenters. The molecule has 0 bridgehead atoms. The molecule has 34 nitrogen and oxygen atoms in total. The number of H-pyrrole nitrogens is 1. The SMILES string of the molecule is CCCC[C@H]1C(=O)N2CCC[C@@H]2C(=O)N[C@@H](CO)C(=O)N[C@@H](C(C)C)C(=O)N(C)[C@@H](Cc2ccccc2)C(=O)N[C@@H](Cc2ccc(O)cc2)C(=O)N2CCCC[C@@H]2C(=O)N[C@H](Cc2c[nH]c3ccccc23)C(=O)N[C@@H](Cc2ccc(O)cc2)C(=O)N[C@@H](CC(C)C)C(=O)N[C@H](C(=O)NCC(N)=O)CSCC(=O)N[C@@H](Cc2ccccc2)C(=O)N(C)[C@@H](Cc2ccccc2)C(=O)N1C. The summed E-state index contributed by atoms with van der Waals surface area (Å²) in [5, 5.41) is 57.5. The van der Waals surface area contributed by atoms with Crippen molar-refractivity contribution in [3.63, 3.8) is 0 Å². The third-order valence-corrected chi connectivity index (χ3v) is 25.3. The van der Waals surface area contributed by atoms with Crippen molar-refractivity contribution in [2.24, 2.45) is 17.6 Å². The topological polar surface area (TPSA) is 483 Å². The van der Waals surface area contributed by atoms with Crippen molar-refractivity contribution in [2.75, 3.05) is 58.9 Å². The number of para-hydroxylation sites is 1. The fourth-order valence-corrected chi connectivity index (χ4v) is 17.7. The summed E-state index contributed by atoms with van der Waals surface area (Å²) >= 11 is 0.853. The Kier molecular flexibility index (Phi) is 37.2. The van der Waals surface area contributed by atoms with Crippen LogP contribution in [0.1, 0.15) is 126 Å². The van der Waals surface area contributed by atoms with Crippen molar-refractivity contribution in [3.8, 4) is 11.5 Å². The first-order valence-corrected chi connectivity index (χ1v) is 46.2. The molecule has 6 aromatic carbocycles. The quantitative estimate of drug-likeness (QED) is 0.0463. The lowest BCUT2D eigenvalue weighted by Crippen LogP contribution is -2.63. The lowest BCUT2D eigenvalue weighted by atomic mass is 9.96. The van der Waals surface area contributed by atoms with Crippen molar-refractivity contribution in [3.05, 3.63) is 203 Å². The van der Waals surface area contributed by atoms with Crippen LogP contribution in [0.3, 0.4) is 0 Å². The summed E-state index contributed by atoms with van der Waals surface area (Å²) in [6.07, 6.45) is 2.81. The average molecular weight is 1830 g/mol. The lowest BCUT2D eigenvalue weighted by molar-refractivity contribution is -0.152. The number of thioether (sulfide) groups is 1. The Hall–Kier alpha value is -13.2. The molecule has 4 heterocycles. The van der Waals surface area contributed by atoms with E-state index >= 15 is 47.9 Å². The van der Waals surface area contributed by atoms with Crippen LogP contribution in [-0.4, -0.2) is 271 Å². The van der Waals surface area contributed by atoms with E-state index in [1.807, 2.05) is 13.0 Å². The second-order valence-corrected chi connectivity index (χ2v) is 35.9. The van der Waals surface area contributed by atoms with Gasteiger partial charge in [0.25, 0.3) is 0 Å². The number of nitrogens with one attached hydrogen (secondary N) is 10. The Labute approximate surface area is 772 Å². The van der Waals surface area contributed by atoms with Crippen LogP contribution in [0.25, 0.3) is 10.9 Å². The molecule has 3 saturated heterocycles. The van der Waals surface area contributed by atoms with E-state index in [1.165, 1.54) is 77.1 Å². The number of aromatic hydroxyl groups is 2. The molecule has 35 heteroatoms. The second-order valence-electron chi connectivity index (χ2n) is 34.9. The Balaban J connectivity index is 1.04. The van der Waals surface area contributed by atoms with Crippen molar-refractivity contribution < 1.29 is 87.2 Å². The summed E-state index contributed by atoms with van der Waals surface area (Å²) in [5.41, 5.74) is 9.38. The first kappa shape index (κ1) is 101. The van der Waals surface area contributed by atoms with E-state index in [4.69, 9.17) is 5.73 Å². The van der Waals surface area contributed by atoms with Crippen molar-refractivity contribution in [1.82, 2.24) is 77.3 Å². The molecular formula is C97H124N16O18S. The number of unbranched alkanes of at least 4 members (excludes halogenated alkanes) is 1. The minimum atomic E-state index is -1.73. The minimum Gasteiger partial charge on any atom is -0.508 e. The number of nitrogens with zero attached hydrogens (tertiary/aromatic N) is 5. The van der Waals surface area contributed by atoms with Gasteiger partial charge in [-0.25, -0.2) is 0 Å². The van der Waals surface area contributed by atoms with Gasteiger partial charge in [-0.3, -0.25) is 71.9 Å². The van der Waals surface area contributed by atoms with Crippen LogP contribution in [0.2, 0.25) is 0 Å². The fraction of sp³-hybridized carbons (Fsp3) is 0.454. The second kappa shape index (κ2) is 48.6. The molecule has 15 amide bonds. The van der Waals surface area contributed by atoms with Crippen molar-refractivity contribution in [1.29, 1.82) is 0 Å². The van der Waals surface area contributed by atoms with Gasteiger partial charge in [0, 0.05) is 95.6 Å². The van der Waals surface area contributed by atoms with Gasteiger partial charge in [-0.05, 0) is 120 Å². The predicted octanol–water partition coefficient (Wildman–Crippen LogP) is 3.30. The number of amides is 15. The molecule has 3 aliphatic rings. The highest BCUT2D eigenvalue weighted by molar-refractivity contribution is 8.00. The highest BCUT2D eigenvalue weighted by Crippen LogP contribution is 2.29. The number of piperidine rings is 1. The monoisotopic (exact) mass is 1830 g/mol. The van der Waals surface area contributed by atoms with Crippen LogP contribution in [0.15, 0.2) is 170 Å². The molecule has 3 fully saturated rings. The number of aromatic amines is 1. The van der Waals surface area contributed by atoms with E-state index in [0.29, 0.717) is 76.4 Å². The Morgan fingerprint density at radius 2 is 0.924 bits per heavy atom. The summed E-state index contributed by atoms with van der Waals surface area (Å²) in [4.78, 5) is 236. The van der Waals surface area contributed by atoms with Gasteiger partial charge in [-0.2, -0.15) is 0 Å². The molecular weight excluding hydrogens is 1710 g/mol. The minimum absolute atomic E-state index is 0.0340. The highest BCUT2D eigenvalue weighted by Gasteiger charge is 2.46. The highest BCUT2D eigenvalue weighted by atomic mass is 32.2. The van der Waals surface area contributed by atoms with Crippen molar-refractivity contribution >= 4 is 111 Å². The van der Waals surface area contributed by atoms with Gasteiger partial charge in [-0.15, -0.1) is 11.8 Å². The number of hydrogen-bond donors (Lipinski definition) is 14. The number of benzene rings is 6. The first-order chi connectivity index (χ1) is 63.2. The molecule has 0 aliphatic carbocycles. The maximum atomic E-state index is 15.9. The van der Waals surface area contributed by atoms with E-state index in [0.717, 1.165) is 16.7 Å². The molecule has 0 saturated carbocycles. The molecule has 0 radical (unpaired) electrons. The zero-order valence-corrected chi connectivity index (χ0v) is 76.7. The Bertz CT molecular complexity index is 5170. The van der Waals surface area contributed by atoms with Crippen LogP contribution in [-0.2, 0) is 110 Å². The van der Waals surface area contributed by atoms with E-state index in [9.17, 15) is 39.3 Å². The van der Waals surface area contributed by atoms with Gasteiger partial charge in [-0.1, -0.05) is 181 Å². The summed E-state index contributed by atoms with van der Waals surface area (Å²) < 4.78 is 0. The van der Waals surface area contributed by atoms with Crippen LogP contribution < -0.4 is 53.6 Å². The number of phenolic OH excluding ortho intramolecular Hbond substituents is 2. The third-order valence-electron chi connectivity index (χ3n) is 24.2. The van der Waals surface area contributed by atoms with E-state index in [-0.39, 0.29) is 100 Å². The molecule has 10 rings (SSSR count). The van der Waals surface area contributed by atoms with Crippen molar-refractivity contribution in [2.45, 2.75) is 209 Å². The van der Waals surface area contributed by atoms with Crippen LogP contribution in [0, 0.1) is 11.8 Å². The van der Waals surface area contributed by atoms with E-state index < -0.39 is 192 Å². The van der Waals surface area contributed by atoms with E-state index in [1.54, 1.807) is 155 Å². The lowest BCUT2D eigenvalue weighted by Gasteiger charge is -2.38. The van der Waals surface area contributed by atoms with Gasteiger partial charge < -0.3 is 98.4 Å². The predicted molar refractivity (Wildman–Crippen MR) is 496 cm³/mol. The normalized spacial score (nSPS) is 23.8. The number of phenols is 2. The van der Waals surface area contributed by atoms with Crippen LogP contribution in [0.5, 0.6) is 11.5 Å². The molecule has 3 aliphatic heterocycles. The van der Waals surface area contributed by atoms with Gasteiger partial charge in [0.05, 0.1) is 18.9 Å². The Morgan fingerprint density at radius 1 is 0.462 bits per heavy atom. The number of hydrogen-bond acceptors (Lipinski definition) is 19. The largest absolute Gasteiger partial charge is 0.508 e. The zero-order chi connectivity index (χ0) is 95.4. The third kappa shape index (κ3) is 27.9. The fourth-order valence-electron chi connectivity index (χ4n) is 16.9. The van der Waals surface area contributed by atoms with Gasteiger partial charge in [0.2, 0.25) is 88.6 Å². The summed E-state index contributed by atoms with van der Waals surface area (Å²) in [6, 6.07) is 26.2. The molecule has 132 heavy (non-hydrogen) atoms. The first-order valence-electron chi connectivity index (χ1n) is 45.0. The summed E-state index contributed by atoms with van der Waals surface area (Å²) in [7, 11) is 4.20. The number of carbonyl (C=O) groups excluding carboxylic acids is 15. The smallest absolute Gasteiger partial charge is 0.246 e. The van der Waals surface area contributed by atoms with E-state index in [2.05, 4.69) is 52.8 Å². The standard InChI is InChI=1S/C97H124N16O18S/c1-9-10-33-79-96(130)113-45-24-35-78(113)91(125)106-75(55-114)89(123)108-84(59(4)5)97(131)110(7)80(50-61-27-16-12-17-28-61)92(126)105-74(49-64-38-42-67(116)43-39-64)94(128)112-44-23-22-34-77(112)90(124)104-72(52-65-53-99-69-32-21-20-31-68(65)69)88(122)103-71(47-63-36-40-66(115)41-37-63)87(121)102-70(46-58(2)3)86(120)107-76(85(119)100-54-82(98)117)56-132-57-83(118)101-73(48-60-25-14-11-15-26-60)93(127)111(8)81(95(129)109(79)6)51-62-29-18-13-19-30-62/h11-21,25-32,36-43,53,58-59,70-81,84,99,114-116H,9-10,22-24,33-35,44-52,54-57H2,1-8H3,(H2,98,117)(H,100,119)(H,101,118)(H,102,121)(H,103,122)(H,104,124)(H,105,126)(H,106,125)(H,107,120)(H,108,123)/t70-,71-,72+,73-,74-,75-,76-,77+,78+,79-,80-,81-,84-/m0/s1. The molecule has 0 spiro atoms. The van der Waals surface area contributed by atoms with Gasteiger partial charge in [0.1, 0.15) is 90.0 Å².